The van der Waals surface area contributed by atoms with Crippen molar-refractivity contribution >= 4 is 11.6 Å². The summed E-state index contributed by atoms with van der Waals surface area (Å²) < 4.78 is 1.78. The lowest BCUT2D eigenvalue weighted by atomic mass is 10.1. The third-order valence-corrected chi connectivity index (χ3v) is 2.38. The molecule has 0 fully saturated rings. The molecule has 0 aliphatic carbocycles. The standard InChI is InChI=1S/C11H11ClN2/c1-8-3-5-9(6-4-8)10-7-11(12)13-14(10)2/h3-7H,1-2H3. The summed E-state index contributed by atoms with van der Waals surface area (Å²) in [4.78, 5) is 0. The van der Waals surface area contributed by atoms with Crippen LogP contribution in [-0.2, 0) is 7.05 Å². The molecule has 1 aromatic carbocycles. The molecule has 0 aliphatic rings. The number of aryl methyl sites for hydroxylation is 2. The molecule has 72 valence electrons. The molecule has 0 saturated carbocycles. The van der Waals surface area contributed by atoms with Gasteiger partial charge in [0.25, 0.3) is 0 Å². The Balaban J connectivity index is 2.49. The molecule has 0 aliphatic heterocycles. The van der Waals surface area contributed by atoms with Crippen LogP contribution in [0.15, 0.2) is 30.3 Å². The van der Waals surface area contributed by atoms with Crippen LogP contribution in [0.3, 0.4) is 0 Å². The lowest BCUT2D eigenvalue weighted by molar-refractivity contribution is 0.776. The fourth-order valence-corrected chi connectivity index (χ4v) is 1.64. The Bertz CT molecular complexity index is 443. The number of halogens is 1. The van der Waals surface area contributed by atoms with E-state index >= 15 is 0 Å². The van der Waals surface area contributed by atoms with E-state index in [0.29, 0.717) is 5.15 Å². The molecule has 0 amide bonds. The predicted molar refractivity (Wildman–Crippen MR) is 58.4 cm³/mol. The highest BCUT2D eigenvalue weighted by Gasteiger charge is 2.04. The van der Waals surface area contributed by atoms with Crippen molar-refractivity contribution in [1.29, 1.82) is 0 Å². The number of hydrogen-bond donors (Lipinski definition) is 0. The number of rotatable bonds is 1. The molecule has 0 spiro atoms. The number of hydrogen-bond acceptors (Lipinski definition) is 1. The van der Waals surface area contributed by atoms with Crippen LogP contribution in [0.5, 0.6) is 0 Å². The van der Waals surface area contributed by atoms with Crippen molar-refractivity contribution in [2.45, 2.75) is 6.92 Å². The molecule has 0 saturated heterocycles. The van der Waals surface area contributed by atoms with Crippen LogP contribution >= 0.6 is 11.6 Å². The molecule has 2 nitrogen and oxygen atoms in total. The molecule has 0 N–H and O–H groups in total. The number of benzene rings is 1. The van der Waals surface area contributed by atoms with Crippen LogP contribution in [0, 0.1) is 6.92 Å². The molecule has 2 aromatic rings. The third-order valence-electron chi connectivity index (χ3n) is 2.20. The lowest BCUT2D eigenvalue weighted by Gasteiger charge is -2.01. The maximum atomic E-state index is 5.81. The van der Waals surface area contributed by atoms with Crippen LogP contribution < -0.4 is 0 Å². The Morgan fingerprint density at radius 2 is 1.86 bits per heavy atom. The summed E-state index contributed by atoms with van der Waals surface area (Å²) in [5.41, 5.74) is 3.43. The SMILES string of the molecule is Cc1ccc(-c2cc(Cl)nn2C)cc1. The van der Waals surface area contributed by atoms with Gasteiger partial charge in [-0.05, 0) is 12.5 Å². The number of aromatic nitrogens is 2. The minimum Gasteiger partial charge on any atom is -0.266 e. The van der Waals surface area contributed by atoms with Crippen molar-refractivity contribution in [2.24, 2.45) is 7.05 Å². The first-order chi connectivity index (χ1) is 6.66. The summed E-state index contributed by atoms with van der Waals surface area (Å²) in [5, 5.41) is 4.62. The van der Waals surface area contributed by atoms with Gasteiger partial charge in [-0.25, -0.2) is 0 Å². The van der Waals surface area contributed by atoms with Gasteiger partial charge in [-0.2, -0.15) is 5.10 Å². The van der Waals surface area contributed by atoms with E-state index in [0.717, 1.165) is 11.3 Å². The van der Waals surface area contributed by atoms with E-state index in [2.05, 4.69) is 36.3 Å². The van der Waals surface area contributed by atoms with Crippen molar-refractivity contribution in [2.75, 3.05) is 0 Å². The van der Waals surface area contributed by atoms with E-state index in [9.17, 15) is 0 Å². The molecule has 0 atom stereocenters. The van der Waals surface area contributed by atoms with Gasteiger partial charge in [-0.15, -0.1) is 0 Å². The van der Waals surface area contributed by atoms with Crippen molar-refractivity contribution in [3.05, 3.63) is 41.0 Å². The average Bonchev–Trinajstić information content (AvgIpc) is 2.47. The fraction of sp³-hybridized carbons (Fsp3) is 0.182. The van der Waals surface area contributed by atoms with Gasteiger partial charge in [-0.3, -0.25) is 4.68 Å². The summed E-state index contributed by atoms with van der Waals surface area (Å²) in [6, 6.07) is 10.2. The monoisotopic (exact) mass is 206 g/mol. The van der Waals surface area contributed by atoms with Gasteiger partial charge in [0.2, 0.25) is 0 Å². The summed E-state index contributed by atoms with van der Waals surface area (Å²) in [6.45, 7) is 2.07. The molecule has 1 heterocycles. The maximum absolute atomic E-state index is 5.81. The third kappa shape index (κ3) is 1.66. The molecule has 1 aromatic heterocycles. The van der Waals surface area contributed by atoms with Crippen molar-refractivity contribution < 1.29 is 0 Å². The molecule has 2 rings (SSSR count). The smallest absolute Gasteiger partial charge is 0.151 e. The summed E-state index contributed by atoms with van der Waals surface area (Å²) in [6.07, 6.45) is 0. The Kier molecular flexibility index (Phi) is 2.30. The first-order valence-corrected chi connectivity index (χ1v) is 4.81. The summed E-state index contributed by atoms with van der Waals surface area (Å²) in [7, 11) is 1.89. The number of nitrogens with zero attached hydrogens (tertiary/aromatic N) is 2. The van der Waals surface area contributed by atoms with E-state index < -0.39 is 0 Å². The van der Waals surface area contributed by atoms with Gasteiger partial charge in [0.05, 0.1) is 5.69 Å². The highest BCUT2D eigenvalue weighted by Crippen LogP contribution is 2.21. The van der Waals surface area contributed by atoms with E-state index in [-0.39, 0.29) is 0 Å². The van der Waals surface area contributed by atoms with Gasteiger partial charge < -0.3 is 0 Å². The van der Waals surface area contributed by atoms with E-state index in [1.165, 1.54) is 5.56 Å². The van der Waals surface area contributed by atoms with Crippen LogP contribution in [0.1, 0.15) is 5.56 Å². The van der Waals surface area contributed by atoms with Crippen molar-refractivity contribution in [3.8, 4) is 11.3 Å². The minimum absolute atomic E-state index is 0.531. The Hall–Kier alpha value is -1.28. The zero-order chi connectivity index (χ0) is 10.1. The molecule has 0 unspecified atom stereocenters. The van der Waals surface area contributed by atoms with Crippen LogP contribution in [-0.4, -0.2) is 9.78 Å². The average molecular weight is 207 g/mol. The normalized spacial score (nSPS) is 10.5. The Morgan fingerprint density at radius 3 is 2.36 bits per heavy atom. The van der Waals surface area contributed by atoms with E-state index in [4.69, 9.17) is 11.6 Å². The largest absolute Gasteiger partial charge is 0.266 e. The first kappa shape index (κ1) is 9.28. The highest BCUT2D eigenvalue weighted by molar-refractivity contribution is 6.29. The molecule has 14 heavy (non-hydrogen) atoms. The lowest BCUT2D eigenvalue weighted by Crippen LogP contribution is -1.93. The molecular formula is C11H11ClN2. The first-order valence-electron chi connectivity index (χ1n) is 4.43. The second kappa shape index (κ2) is 3.46. The van der Waals surface area contributed by atoms with Crippen LogP contribution in [0.25, 0.3) is 11.3 Å². The summed E-state index contributed by atoms with van der Waals surface area (Å²) >= 11 is 5.81. The van der Waals surface area contributed by atoms with Gasteiger partial charge in [0.1, 0.15) is 0 Å². The topological polar surface area (TPSA) is 17.8 Å². The molecule has 3 heteroatoms. The Labute approximate surface area is 88.1 Å². The molecule has 0 radical (unpaired) electrons. The zero-order valence-electron chi connectivity index (χ0n) is 8.16. The summed E-state index contributed by atoms with van der Waals surface area (Å²) in [5.74, 6) is 0. The fourth-order valence-electron chi connectivity index (χ4n) is 1.43. The van der Waals surface area contributed by atoms with Crippen molar-refractivity contribution in [1.82, 2.24) is 9.78 Å². The predicted octanol–water partition coefficient (Wildman–Crippen LogP) is 3.05. The quantitative estimate of drug-likeness (QED) is 0.701. The zero-order valence-corrected chi connectivity index (χ0v) is 8.92. The van der Waals surface area contributed by atoms with E-state index in [1.54, 1.807) is 4.68 Å². The Morgan fingerprint density at radius 1 is 1.21 bits per heavy atom. The van der Waals surface area contributed by atoms with Crippen molar-refractivity contribution in [3.63, 3.8) is 0 Å². The van der Waals surface area contributed by atoms with E-state index in [1.807, 2.05) is 13.1 Å². The van der Waals surface area contributed by atoms with Gasteiger partial charge in [0, 0.05) is 13.1 Å². The minimum atomic E-state index is 0.531. The highest BCUT2D eigenvalue weighted by atomic mass is 35.5. The molecule has 0 bridgehead atoms. The van der Waals surface area contributed by atoms with Gasteiger partial charge in [0.15, 0.2) is 5.15 Å². The van der Waals surface area contributed by atoms with Crippen LogP contribution in [0.4, 0.5) is 0 Å². The molecular weight excluding hydrogens is 196 g/mol. The second-order valence-electron chi connectivity index (χ2n) is 3.34. The van der Waals surface area contributed by atoms with Crippen LogP contribution in [0.2, 0.25) is 5.15 Å². The van der Waals surface area contributed by atoms with Gasteiger partial charge in [-0.1, -0.05) is 41.4 Å². The second-order valence-corrected chi connectivity index (χ2v) is 3.73. The van der Waals surface area contributed by atoms with Gasteiger partial charge >= 0.3 is 0 Å². The maximum Gasteiger partial charge on any atom is 0.151 e.